The summed E-state index contributed by atoms with van der Waals surface area (Å²) in [5.41, 5.74) is 0.596. The maximum absolute atomic E-state index is 13.1. The molecular weight excluding hydrogens is 566 g/mol. The van der Waals surface area contributed by atoms with Crippen LogP contribution in [0.4, 0.5) is 0 Å². The molecule has 0 aromatic heterocycles. The highest BCUT2D eigenvalue weighted by Crippen LogP contribution is 2.65. The largest absolute Gasteiger partial charge is 0.493 e. The highest BCUT2D eigenvalue weighted by Gasteiger charge is 2.72. The number of likely N-dealkylation sites (N-methyl/N-ethyl adjacent to an activating group) is 1. The van der Waals surface area contributed by atoms with Gasteiger partial charge >= 0.3 is 17.9 Å². The Balaban J connectivity index is 1.17. The molecule has 2 aliphatic heterocycles. The van der Waals surface area contributed by atoms with Gasteiger partial charge in [0.1, 0.15) is 5.76 Å². The molecule has 0 amide bonds. The van der Waals surface area contributed by atoms with Crippen molar-refractivity contribution in [2.24, 2.45) is 5.92 Å². The van der Waals surface area contributed by atoms with Gasteiger partial charge in [0.2, 0.25) is 6.10 Å². The lowest BCUT2D eigenvalue weighted by molar-refractivity contribution is -0.171. The molecule has 1 spiro atoms. The monoisotopic (exact) mass is 605 g/mol. The second-order valence-corrected chi connectivity index (χ2v) is 12.6. The van der Waals surface area contributed by atoms with Gasteiger partial charge in [0.15, 0.2) is 17.6 Å². The number of rotatable bonds is 10. The highest BCUT2D eigenvalue weighted by atomic mass is 16.6. The van der Waals surface area contributed by atoms with Gasteiger partial charge < -0.3 is 33.7 Å². The van der Waals surface area contributed by atoms with Crippen LogP contribution >= 0.6 is 0 Å². The molecule has 2 aromatic carbocycles. The zero-order chi connectivity index (χ0) is 31.2. The second kappa shape index (κ2) is 11.6. The van der Waals surface area contributed by atoms with Crippen molar-refractivity contribution in [3.05, 3.63) is 71.0 Å². The van der Waals surface area contributed by atoms with Crippen LogP contribution in [0.25, 0.3) is 0 Å². The van der Waals surface area contributed by atoms with Crippen molar-refractivity contribution in [3.63, 3.8) is 0 Å². The summed E-state index contributed by atoms with van der Waals surface area (Å²) in [6.07, 6.45) is 0.797. The van der Waals surface area contributed by atoms with E-state index in [-0.39, 0.29) is 31.4 Å². The Hall–Kier alpha value is -3.89. The Morgan fingerprint density at radius 2 is 1.84 bits per heavy atom. The summed E-state index contributed by atoms with van der Waals surface area (Å²) in [5, 5.41) is 12.3. The molecule has 4 aliphatic rings. The maximum Gasteiger partial charge on any atom is 0.352 e. The SMILES string of the molecule is COc1ccc2c3c1O[C@H]1C(OC(=O)CCC(=O)O[C@H](C(=O)OCC(C)C)c4ccccc4)=CC[C@@]4(O)[C@@H](C2)N(C)CC[C@]314. The lowest BCUT2D eigenvalue weighted by Crippen LogP contribution is -2.74. The van der Waals surface area contributed by atoms with Crippen LogP contribution in [0.5, 0.6) is 11.5 Å². The number of hydrogen-bond acceptors (Lipinski definition) is 10. The third-order valence-corrected chi connectivity index (χ3v) is 9.45. The number of carbonyl (C=O) groups excluding carboxylic acids is 3. The van der Waals surface area contributed by atoms with Crippen LogP contribution in [-0.2, 0) is 40.4 Å². The Kier molecular flexibility index (Phi) is 7.92. The first kappa shape index (κ1) is 30.1. The third kappa shape index (κ3) is 4.84. The summed E-state index contributed by atoms with van der Waals surface area (Å²) in [7, 11) is 3.61. The van der Waals surface area contributed by atoms with E-state index in [0.29, 0.717) is 42.1 Å². The normalized spacial score (nSPS) is 27.0. The van der Waals surface area contributed by atoms with Gasteiger partial charge in [-0.2, -0.15) is 0 Å². The Bertz CT molecular complexity index is 1490. The van der Waals surface area contributed by atoms with E-state index in [2.05, 4.69) is 4.90 Å². The van der Waals surface area contributed by atoms with Crippen molar-refractivity contribution in [3.8, 4) is 11.5 Å². The summed E-state index contributed by atoms with van der Waals surface area (Å²) in [4.78, 5) is 40.9. The number of piperidine rings is 1. The molecule has 44 heavy (non-hydrogen) atoms. The summed E-state index contributed by atoms with van der Waals surface area (Å²) < 4.78 is 28.9. The number of methoxy groups -OCH3 is 1. The zero-order valence-electron chi connectivity index (χ0n) is 25.5. The van der Waals surface area contributed by atoms with E-state index in [9.17, 15) is 19.5 Å². The van der Waals surface area contributed by atoms with Crippen molar-refractivity contribution < 1.29 is 43.2 Å². The average Bonchev–Trinajstić information content (AvgIpc) is 3.37. The van der Waals surface area contributed by atoms with Gasteiger partial charge in [-0.05, 0) is 50.1 Å². The third-order valence-electron chi connectivity index (χ3n) is 9.45. The van der Waals surface area contributed by atoms with Crippen LogP contribution in [0.15, 0.2) is 54.3 Å². The standard InChI is InChI=1S/C34H39NO9/c1-20(2)19-41-32(38)29(21-8-6-5-7-9-21)43-27(37)13-12-26(36)42-24-14-15-34(39)25-18-22-10-11-23(40-4)30-28(22)33(34,31(24)44-30)16-17-35(25)3/h5-11,14,20,25,29,31,39H,12-13,15-19H2,1-4H3/t25-,29+,31+,33+,34-/m1/s1. The molecule has 1 fully saturated rings. The number of benzene rings is 2. The minimum Gasteiger partial charge on any atom is -0.493 e. The van der Waals surface area contributed by atoms with Gasteiger partial charge in [0, 0.05) is 23.6 Å². The quantitative estimate of drug-likeness (QED) is 0.316. The average molecular weight is 606 g/mol. The molecule has 6 rings (SSSR count). The number of ether oxygens (including phenoxy) is 5. The Labute approximate surface area is 256 Å². The van der Waals surface area contributed by atoms with E-state index < -0.39 is 41.1 Å². The van der Waals surface area contributed by atoms with Gasteiger partial charge in [-0.1, -0.05) is 50.2 Å². The molecule has 2 bridgehead atoms. The van der Waals surface area contributed by atoms with Crippen LogP contribution in [-0.4, -0.2) is 73.0 Å². The van der Waals surface area contributed by atoms with Crippen molar-refractivity contribution in [2.45, 2.75) is 75.2 Å². The van der Waals surface area contributed by atoms with Gasteiger partial charge in [-0.15, -0.1) is 0 Å². The van der Waals surface area contributed by atoms with Crippen molar-refractivity contribution in [1.82, 2.24) is 4.90 Å². The smallest absolute Gasteiger partial charge is 0.352 e. The van der Waals surface area contributed by atoms with E-state index in [1.54, 1.807) is 43.5 Å². The topological polar surface area (TPSA) is 121 Å². The van der Waals surface area contributed by atoms with Crippen molar-refractivity contribution in [1.29, 1.82) is 0 Å². The van der Waals surface area contributed by atoms with Crippen molar-refractivity contribution >= 4 is 17.9 Å². The minimum absolute atomic E-state index is 0.115. The maximum atomic E-state index is 13.1. The number of nitrogens with zero attached hydrogens (tertiary/aromatic N) is 1. The fraction of sp³-hybridized carbons (Fsp3) is 0.500. The van der Waals surface area contributed by atoms with E-state index in [0.717, 1.165) is 17.7 Å². The summed E-state index contributed by atoms with van der Waals surface area (Å²) in [6.45, 7) is 4.76. The zero-order valence-corrected chi connectivity index (χ0v) is 25.5. The summed E-state index contributed by atoms with van der Waals surface area (Å²) >= 11 is 0. The number of hydrogen-bond donors (Lipinski definition) is 1. The van der Waals surface area contributed by atoms with Crippen LogP contribution in [0.3, 0.4) is 0 Å². The minimum atomic E-state index is -1.24. The molecule has 1 saturated heterocycles. The highest BCUT2D eigenvalue weighted by molar-refractivity contribution is 5.83. The first-order valence-corrected chi connectivity index (χ1v) is 15.2. The predicted molar refractivity (Wildman–Crippen MR) is 158 cm³/mol. The molecule has 5 atom stereocenters. The number of likely N-dealkylation sites (tertiary alicyclic amines) is 1. The second-order valence-electron chi connectivity index (χ2n) is 12.6. The molecule has 2 aliphatic carbocycles. The number of aliphatic hydroxyl groups is 1. The summed E-state index contributed by atoms with van der Waals surface area (Å²) in [6, 6.07) is 12.4. The molecule has 10 nitrogen and oxygen atoms in total. The lowest BCUT2D eigenvalue weighted by atomic mass is 9.50. The van der Waals surface area contributed by atoms with Crippen LogP contribution in [0.1, 0.15) is 62.3 Å². The molecule has 2 aromatic rings. The first-order valence-electron chi connectivity index (χ1n) is 15.2. The van der Waals surface area contributed by atoms with Crippen LogP contribution < -0.4 is 9.47 Å². The van der Waals surface area contributed by atoms with E-state index in [4.69, 9.17) is 23.7 Å². The lowest BCUT2D eigenvalue weighted by Gasteiger charge is -2.61. The van der Waals surface area contributed by atoms with E-state index in [1.807, 2.05) is 33.0 Å². The fourth-order valence-electron chi connectivity index (χ4n) is 7.37. The van der Waals surface area contributed by atoms with E-state index >= 15 is 0 Å². The van der Waals surface area contributed by atoms with Gasteiger partial charge in [-0.3, -0.25) is 9.59 Å². The predicted octanol–water partition coefficient (Wildman–Crippen LogP) is 3.78. The first-order chi connectivity index (χ1) is 21.1. The van der Waals surface area contributed by atoms with E-state index in [1.165, 1.54) is 0 Å². The molecule has 10 heteroatoms. The molecule has 2 heterocycles. The van der Waals surface area contributed by atoms with Crippen LogP contribution in [0.2, 0.25) is 0 Å². The molecule has 0 unspecified atom stereocenters. The fourth-order valence-corrected chi connectivity index (χ4v) is 7.37. The van der Waals surface area contributed by atoms with Gasteiger partial charge in [0.05, 0.1) is 37.6 Å². The molecular formula is C34H39NO9. The summed E-state index contributed by atoms with van der Waals surface area (Å²) in [5.74, 6) is -0.448. The van der Waals surface area contributed by atoms with Crippen molar-refractivity contribution in [2.75, 3.05) is 27.3 Å². The molecule has 1 N–H and O–H groups in total. The number of carbonyl (C=O) groups is 3. The molecule has 234 valence electrons. The van der Waals surface area contributed by atoms with Gasteiger partial charge in [-0.25, -0.2) is 4.79 Å². The van der Waals surface area contributed by atoms with Gasteiger partial charge in [0.25, 0.3) is 0 Å². The Morgan fingerprint density at radius 1 is 1.09 bits per heavy atom. The van der Waals surface area contributed by atoms with Crippen LogP contribution in [0, 0.1) is 5.92 Å². The molecule has 0 saturated carbocycles. The number of esters is 3. The Morgan fingerprint density at radius 3 is 2.57 bits per heavy atom. The molecule has 0 radical (unpaired) electrons.